The van der Waals surface area contributed by atoms with Crippen LogP contribution in [0.5, 0.6) is 5.75 Å². The SMILES string of the molecule is O=C1C[C@H](C#CCOCc2ccccc2)Oc2ccccc21. The zero-order valence-corrected chi connectivity index (χ0v) is 12.1. The highest BCUT2D eigenvalue weighted by molar-refractivity contribution is 6.00. The fourth-order valence-electron chi connectivity index (χ4n) is 2.30. The van der Waals surface area contributed by atoms with Crippen molar-refractivity contribution >= 4 is 5.78 Å². The number of carbonyl (C=O) groups is 1. The summed E-state index contributed by atoms with van der Waals surface area (Å²) in [5.41, 5.74) is 1.75. The van der Waals surface area contributed by atoms with E-state index in [0.29, 0.717) is 30.9 Å². The first-order valence-electron chi connectivity index (χ1n) is 7.22. The van der Waals surface area contributed by atoms with Gasteiger partial charge in [0.25, 0.3) is 0 Å². The molecule has 3 rings (SSSR count). The molecule has 1 aliphatic heterocycles. The van der Waals surface area contributed by atoms with Crippen molar-refractivity contribution in [1.82, 2.24) is 0 Å². The second-order valence-electron chi connectivity index (χ2n) is 5.03. The molecule has 1 heterocycles. The van der Waals surface area contributed by atoms with Crippen molar-refractivity contribution in [1.29, 1.82) is 0 Å². The summed E-state index contributed by atoms with van der Waals surface area (Å²) >= 11 is 0. The summed E-state index contributed by atoms with van der Waals surface area (Å²) in [5, 5.41) is 0. The molecule has 1 aliphatic rings. The van der Waals surface area contributed by atoms with Gasteiger partial charge in [0.1, 0.15) is 12.4 Å². The molecule has 0 fully saturated rings. The lowest BCUT2D eigenvalue weighted by Gasteiger charge is -2.21. The molecule has 1 atom stereocenters. The van der Waals surface area contributed by atoms with E-state index < -0.39 is 0 Å². The number of hydrogen-bond acceptors (Lipinski definition) is 3. The fourth-order valence-corrected chi connectivity index (χ4v) is 2.30. The zero-order valence-electron chi connectivity index (χ0n) is 12.1. The van der Waals surface area contributed by atoms with Crippen molar-refractivity contribution in [2.75, 3.05) is 6.61 Å². The molecule has 3 heteroatoms. The molecule has 0 saturated carbocycles. The Morgan fingerprint density at radius 3 is 2.73 bits per heavy atom. The maximum absolute atomic E-state index is 12.0. The number of benzene rings is 2. The largest absolute Gasteiger partial charge is 0.477 e. The van der Waals surface area contributed by atoms with Gasteiger partial charge in [0, 0.05) is 0 Å². The topological polar surface area (TPSA) is 35.5 Å². The molecule has 0 aromatic heterocycles. The van der Waals surface area contributed by atoms with Crippen molar-refractivity contribution in [3.05, 3.63) is 65.7 Å². The zero-order chi connectivity index (χ0) is 15.2. The van der Waals surface area contributed by atoms with Crippen molar-refractivity contribution in [2.24, 2.45) is 0 Å². The molecule has 3 nitrogen and oxygen atoms in total. The molecule has 0 saturated heterocycles. The van der Waals surface area contributed by atoms with Gasteiger partial charge in [-0.25, -0.2) is 0 Å². The Bertz CT molecular complexity index is 710. The molecular formula is C19H16O3. The van der Waals surface area contributed by atoms with E-state index in [0.717, 1.165) is 5.56 Å². The first kappa shape index (κ1) is 14.4. The van der Waals surface area contributed by atoms with Gasteiger partial charge in [-0.15, -0.1) is 0 Å². The molecule has 0 aliphatic carbocycles. The van der Waals surface area contributed by atoms with Crippen LogP contribution in [0, 0.1) is 11.8 Å². The summed E-state index contributed by atoms with van der Waals surface area (Å²) < 4.78 is 11.2. The average molecular weight is 292 g/mol. The van der Waals surface area contributed by atoms with Gasteiger partial charge in [-0.3, -0.25) is 4.79 Å². The number of hydrogen-bond donors (Lipinski definition) is 0. The number of ether oxygens (including phenoxy) is 2. The minimum Gasteiger partial charge on any atom is -0.477 e. The summed E-state index contributed by atoms with van der Waals surface area (Å²) in [6, 6.07) is 17.2. The number of rotatable bonds is 3. The molecule has 0 spiro atoms. The number of carbonyl (C=O) groups excluding carboxylic acids is 1. The molecular weight excluding hydrogens is 276 g/mol. The first-order chi connectivity index (χ1) is 10.8. The Hall–Kier alpha value is -2.57. The third-order valence-electron chi connectivity index (χ3n) is 3.38. The van der Waals surface area contributed by atoms with Crippen LogP contribution in [0.15, 0.2) is 54.6 Å². The highest BCUT2D eigenvalue weighted by Crippen LogP contribution is 2.26. The van der Waals surface area contributed by atoms with Crippen LogP contribution < -0.4 is 4.74 Å². The van der Waals surface area contributed by atoms with Gasteiger partial charge in [0.05, 0.1) is 18.6 Å². The number of para-hydroxylation sites is 1. The van der Waals surface area contributed by atoms with Crippen LogP contribution in [0.1, 0.15) is 22.3 Å². The van der Waals surface area contributed by atoms with Crippen LogP contribution in [-0.2, 0) is 11.3 Å². The molecule has 0 N–H and O–H groups in total. The smallest absolute Gasteiger partial charge is 0.171 e. The monoisotopic (exact) mass is 292 g/mol. The van der Waals surface area contributed by atoms with Crippen LogP contribution in [0.2, 0.25) is 0 Å². The van der Waals surface area contributed by atoms with Crippen molar-refractivity contribution < 1.29 is 14.3 Å². The quantitative estimate of drug-likeness (QED) is 0.643. The van der Waals surface area contributed by atoms with Gasteiger partial charge in [0.2, 0.25) is 0 Å². The van der Waals surface area contributed by atoms with Crippen LogP contribution in [-0.4, -0.2) is 18.5 Å². The maximum atomic E-state index is 12.0. The Balaban J connectivity index is 1.52. The minimum atomic E-state index is -0.386. The van der Waals surface area contributed by atoms with E-state index in [-0.39, 0.29) is 11.9 Å². The summed E-state index contributed by atoms with van der Waals surface area (Å²) in [5.74, 6) is 6.58. The predicted molar refractivity (Wildman–Crippen MR) is 83.7 cm³/mol. The predicted octanol–water partition coefficient (Wildman–Crippen LogP) is 3.24. The highest BCUT2D eigenvalue weighted by Gasteiger charge is 2.24. The Kier molecular flexibility index (Phi) is 4.53. The van der Waals surface area contributed by atoms with E-state index in [4.69, 9.17) is 9.47 Å². The molecule has 110 valence electrons. The van der Waals surface area contributed by atoms with E-state index >= 15 is 0 Å². The number of ketones is 1. The van der Waals surface area contributed by atoms with Crippen LogP contribution in [0.25, 0.3) is 0 Å². The van der Waals surface area contributed by atoms with Crippen LogP contribution in [0.4, 0.5) is 0 Å². The van der Waals surface area contributed by atoms with E-state index in [1.54, 1.807) is 12.1 Å². The van der Waals surface area contributed by atoms with E-state index in [1.807, 2.05) is 42.5 Å². The normalized spacial score (nSPS) is 16.2. The lowest BCUT2D eigenvalue weighted by atomic mass is 10.0. The van der Waals surface area contributed by atoms with E-state index in [9.17, 15) is 4.79 Å². The molecule has 2 aromatic rings. The minimum absolute atomic E-state index is 0.0753. The second kappa shape index (κ2) is 6.93. The van der Waals surface area contributed by atoms with E-state index in [2.05, 4.69) is 11.8 Å². The fraction of sp³-hybridized carbons (Fsp3) is 0.211. The summed E-state index contributed by atoms with van der Waals surface area (Å²) in [4.78, 5) is 12.0. The molecule has 0 bridgehead atoms. The number of Topliss-reactive ketones (excluding diaryl/α,β-unsaturated/α-hetero) is 1. The number of fused-ring (bicyclic) bond motifs is 1. The molecule has 2 aromatic carbocycles. The van der Waals surface area contributed by atoms with Crippen LogP contribution >= 0.6 is 0 Å². The first-order valence-corrected chi connectivity index (χ1v) is 7.22. The van der Waals surface area contributed by atoms with Crippen LogP contribution in [0.3, 0.4) is 0 Å². The summed E-state index contributed by atoms with van der Waals surface area (Å²) in [6.07, 6.45) is -0.0920. The Morgan fingerprint density at radius 1 is 1.09 bits per heavy atom. The Morgan fingerprint density at radius 2 is 1.86 bits per heavy atom. The highest BCUT2D eigenvalue weighted by atomic mass is 16.5. The lowest BCUT2D eigenvalue weighted by Crippen LogP contribution is -2.25. The van der Waals surface area contributed by atoms with Gasteiger partial charge in [-0.2, -0.15) is 0 Å². The molecule has 0 unspecified atom stereocenters. The van der Waals surface area contributed by atoms with Gasteiger partial charge < -0.3 is 9.47 Å². The van der Waals surface area contributed by atoms with E-state index in [1.165, 1.54) is 0 Å². The molecule has 0 amide bonds. The van der Waals surface area contributed by atoms with Crippen molar-refractivity contribution in [3.8, 4) is 17.6 Å². The standard InChI is InChI=1S/C19H16O3/c20-18-13-16(22-19-11-5-4-10-17(18)19)9-6-12-21-14-15-7-2-1-3-8-15/h1-5,7-8,10-11,16H,12-14H2/t16-/m0/s1. The molecule has 22 heavy (non-hydrogen) atoms. The maximum Gasteiger partial charge on any atom is 0.171 e. The van der Waals surface area contributed by atoms with Gasteiger partial charge in [0.15, 0.2) is 11.9 Å². The van der Waals surface area contributed by atoms with Crippen molar-refractivity contribution in [2.45, 2.75) is 19.1 Å². The van der Waals surface area contributed by atoms with Crippen molar-refractivity contribution in [3.63, 3.8) is 0 Å². The average Bonchev–Trinajstić information content (AvgIpc) is 2.56. The van der Waals surface area contributed by atoms with Gasteiger partial charge in [-0.1, -0.05) is 54.3 Å². The van der Waals surface area contributed by atoms with Gasteiger partial charge in [-0.05, 0) is 17.7 Å². The molecule has 0 radical (unpaired) electrons. The third kappa shape index (κ3) is 3.55. The van der Waals surface area contributed by atoms with Gasteiger partial charge >= 0.3 is 0 Å². The summed E-state index contributed by atoms with van der Waals surface area (Å²) in [7, 11) is 0. The summed E-state index contributed by atoms with van der Waals surface area (Å²) in [6.45, 7) is 0.855. The lowest BCUT2D eigenvalue weighted by molar-refractivity contribution is 0.0899. The third-order valence-corrected chi connectivity index (χ3v) is 3.38. The Labute approximate surface area is 129 Å². The second-order valence-corrected chi connectivity index (χ2v) is 5.03.